The van der Waals surface area contributed by atoms with Gasteiger partial charge in [-0.25, -0.2) is 9.59 Å². The highest BCUT2D eigenvalue weighted by Crippen LogP contribution is 2.38. The molecule has 2 saturated heterocycles. The number of ether oxygens (including phenoxy) is 2. The number of esters is 1. The molecule has 0 aromatic carbocycles. The summed E-state index contributed by atoms with van der Waals surface area (Å²) in [6.45, 7) is 1.83. The minimum Gasteiger partial charge on any atom is -0.478 e. The van der Waals surface area contributed by atoms with Crippen LogP contribution in [0.2, 0.25) is 0 Å². The zero-order valence-electron chi connectivity index (χ0n) is 10.7. The first-order valence-electron chi connectivity index (χ1n) is 6.03. The van der Waals surface area contributed by atoms with Crippen molar-refractivity contribution in [1.82, 2.24) is 4.90 Å². The van der Waals surface area contributed by atoms with Gasteiger partial charge >= 0.3 is 11.9 Å². The predicted molar refractivity (Wildman–Crippen MR) is 61.7 cm³/mol. The quantitative estimate of drug-likeness (QED) is 0.447. The maximum absolute atomic E-state index is 11.8. The molecule has 2 heterocycles. The van der Waals surface area contributed by atoms with Crippen molar-refractivity contribution in [3.05, 3.63) is 11.3 Å². The van der Waals surface area contributed by atoms with Crippen LogP contribution >= 0.6 is 0 Å². The smallest absolute Gasteiger partial charge is 0.336 e. The lowest BCUT2D eigenvalue weighted by atomic mass is 10.0. The van der Waals surface area contributed by atoms with E-state index in [2.05, 4.69) is 4.74 Å². The molecule has 0 spiro atoms. The van der Waals surface area contributed by atoms with E-state index in [-0.39, 0.29) is 30.1 Å². The van der Waals surface area contributed by atoms with E-state index >= 15 is 0 Å². The third-order valence-electron chi connectivity index (χ3n) is 3.22. The summed E-state index contributed by atoms with van der Waals surface area (Å²) in [4.78, 5) is 35.8. The van der Waals surface area contributed by atoms with Gasteiger partial charge in [0.1, 0.15) is 5.76 Å². The summed E-state index contributed by atoms with van der Waals surface area (Å²) in [7, 11) is 1.19. The van der Waals surface area contributed by atoms with Crippen LogP contribution in [0.3, 0.4) is 0 Å². The van der Waals surface area contributed by atoms with E-state index in [4.69, 9.17) is 4.74 Å². The topological polar surface area (TPSA) is 93.1 Å². The van der Waals surface area contributed by atoms with Crippen LogP contribution in [0.4, 0.5) is 0 Å². The fourth-order valence-corrected chi connectivity index (χ4v) is 2.30. The Hall–Kier alpha value is -2.05. The molecule has 19 heavy (non-hydrogen) atoms. The average molecular weight is 269 g/mol. The SMILES string of the molecule is CCC/C(C(=O)O)=C1/O[C@@H]2CC(=O)N2C1C(=O)OC. The third kappa shape index (κ3) is 2.05. The normalized spacial score (nSPS) is 27.3. The first-order chi connectivity index (χ1) is 9.01. The molecule has 0 bridgehead atoms. The van der Waals surface area contributed by atoms with Crippen LogP contribution in [-0.2, 0) is 23.9 Å². The molecule has 1 N–H and O–H groups in total. The van der Waals surface area contributed by atoms with Crippen molar-refractivity contribution in [1.29, 1.82) is 0 Å². The molecular weight excluding hydrogens is 254 g/mol. The second-order valence-electron chi connectivity index (χ2n) is 4.40. The van der Waals surface area contributed by atoms with Crippen molar-refractivity contribution in [3.63, 3.8) is 0 Å². The summed E-state index contributed by atoms with van der Waals surface area (Å²) in [5.41, 5.74) is 0.0279. The Bertz CT molecular complexity index is 469. The Morgan fingerprint density at radius 1 is 1.53 bits per heavy atom. The van der Waals surface area contributed by atoms with E-state index < -0.39 is 24.2 Å². The van der Waals surface area contributed by atoms with Gasteiger partial charge in [0.05, 0.1) is 19.1 Å². The number of carbonyl (C=O) groups excluding carboxylic acids is 2. The van der Waals surface area contributed by atoms with E-state index in [0.717, 1.165) is 0 Å². The van der Waals surface area contributed by atoms with Gasteiger partial charge in [-0.1, -0.05) is 13.3 Å². The molecule has 0 aromatic heterocycles. The fraction of sp³-hybridized carbons (Fsp3) is 0.583. The van der Waals surface area contributed by atoms with Crippen LogP contribution in [0.15, 0.2) is 11.3 Å². The molecule has 2 aliphatic heterocycles. The number of rotatable bonds is 4. The predicted octanol–water partition coefficient (Wildman–Crippen LogP) is 0.255. The second kappa shape index (κ2) is 4.91. The molecule has 0 radical (unpaired) electrons. The van der Waals surface area contributed by atoms with Gasteiger partial charge in [-0.2, -0.15) is 0 Å². The van der Waals surface area contributed by atoms with Crippen LogP contribution < -0.4 is 0 Å². The van der Waals surface area contributed by atoms with Gasteiger partial charge in [0, 0.05) is 0 Å². The van der Waals surface area contributed by atoms with Gasteiger partial charge in [0.25, 0.3) is 0 Å². The zero-order chi connectivity index (χ0) is 14.2. The van der Waals surface area contributed by atoms with Crippen LogP contribution in [-0.4, -0.2) is 47.2 Å². The molecule has 2 atom stereocenters. The molecule has 2 aliphatic rings. The van der Waals surface area contributed by atoms with E-state index in [1.165, 1.54) is 12.0 Å². The lowest BCUT2D eigenvalue weighted by Crippen LogP contribution is -2.55. The monoisotopic (exact) mass is 269 g/mol. The Morgan fingerprint density at radius 3 is 2.68 bits per heavy atom. The summed E-state index contributed by atoms with van der Waals surface area (Å²) in [5.74, 6) is -2.02. The molecule has 0 saturated carbocycles. The molecule has 1 amide bonds. The number of aliphatic carboxylic acids is 1. The molecule has 2 fully saturated rings. The third-order valence-corrected chi connectivity index (χ3v) is 3.22. The summed E-state index contributed by atoms with van der Waals surface area (Å²) < 4.78 is 10.1. The number of carbonyl (C=O) groups is 3. The van der Waals surface area contributed by atoms with E-state index in [9.17, 15) is 19.5 Å². The number of carboxylic acids is 1. The number of fused-ring (bicyclic) bond motifs is 1. The maximum Gasteiger partial charge on any atom is 0.336 e. The number of methoxy groups -OCH3 is 1. The van der Waals surface area contributed by atoms with Gasteiger partial charge in [-0.3, -0.25) is 9.69 Å². The summed E-state index contributed by atoms with van der Waals surface area (Å²) in [5, 5.41) is 9.20. The highest BCUT2D eigenvalue weighted by molar-refractivity contribution is 5.95. The minimum atomic E-state index is -1.14. The van der Waals surface area contributed by atoms with Crippen LogP contribution in [0, 0.1) is 0 Å². The highest BCUT2D eigenvalue weighted by Gasteiger charge is 2.55. The van der Waals surface area contributed by atoms with Crippen molar-refractivity contribution in [3.8, 4) is 0 Å². The standard InChI is InChI=1S/C12H15NO6/c1-3-4-6(11(15)16)10-9(12(17)18-2)13-7(14)5-8(13)19-10/h8-9H,3-5H2,1-2H3,(H,15,16)/b10-6-/t8-,9?/m1/s1. The highest BCUT2D eigenvalue weighted by atomic mass is 16.6. The summed E-state index contributed by atoms with van der Waals surface area (Å²) in [6, 6.07) is -1.06. The molecule has 0 aliphatic carbocycles. The van der Waals surface area contributed by atoms with E-state index in [1.54, 1.807) is 0 Å². The summed E-state index contributed by atoms with van der Waals surface area (Å²) in [6.07, 6.45) is 0.488. The Labute approximate surface area is 109 Å². The van der Waals surface area contributed by atoms with E-state index in [1.807, 2.05) is 6.92 Å². The van der Waals surface area contributed by atoms with Gasteiger partial charge in [0.15, 0.2) is 12.3 Å². The second-order valence-corrected chi connectivity index (χ2v) is 4.40. The first kappa shape index (κ1) is 13.4. The lowest BCUT2D eigenvalue weighted by Gasteiger charge is -2.33. The molecule has 104 valence electrons. The minimum absolute atomic E-state index is 0.0279. The van der Waals surface area contributed by atoms with Crippen molar-refractivity contribution in [2.75, 3.05) is 7.11 Å². The zero-order valence-corrected chi connectivity index (χ0v) is 10.7. The number of hydrogen-bond donors (Lipinski definition) is 1. The van der Waals surface area contributed by atoms with Crippen molar-refractivity contribution in [2.45, 2.75) is 38.5 Å². The number of hydrogen-bond acceptors (Lipinski definition) is 5. The summed E-state index contributed by atoms with van der Waals surface area (Å²) >= 11 is 0. The van der Waals surface area contributed by atoms with E-state index in [0.29, 0.717) is 6.42 Å². The van der Waals surface area contributed by atoms with Gasteiger partial charge in [-0.05, 0) is 6.42 Å². The number of amides is 1. The fourth-order valence-electron chi connectivity index (χ4n) is 2.30. The van der Waals surface area contributed by atoms with Gasteiger partial charge in [-0.15, -0.1) is 0 Å². The van der Waals surface area contributed by atoms with Crippen LogP contribution in [0.1, 0.15) is 26.2 Å². The lowest BCUT2D eigenvalue weighted by molar-refractivity contribution is -0.164. The molecule has 7 nitrogen and oxygen atoms in total. The number of β-lactam (4-membered cyclic amide) rings is 1. The molecule has 7 heteroatoms. The van der Waals surface area contributed by atoms with Gasteiger partial charge in [0.2, 0.25) is 5.91 Å². The number of nitrogens with zero attached hydrogens (tertiary/aromatic N) is 1. The molecule has 2 rings (SSSR count). The molecular formula is C12H15NO6. The van der Waals surface area contributed by atoms with Crippen molar-refractivity contribution in [2.24, 2.45) is 0 Å². The van der Waals surface area contributed by atoms with Gasteiger partial charge < -0.3 is 14.6 Å². The first-order valence-corrected chi connectivity index (χ1v) is 6.03. The van der Waals surface area contributed by atoms with Crippen molar-refractivity contribution >= 4 is 17.8 Å². The van der Waals surface area contributed by atoms with Crippen LogP contribution in [0.25, 0.3) is 0 Å². The van der Waals surface area contributed by atoms with Crippen LogP contribution in [0.5, 0.6) is 0 Å². The number of carboxylic acid groups (broad SMARTS) is 1. The van der Waals surface area contributed by atoms with Crippen molar-refractivity contribution < 1.29 is 29.0 Å². The molecule has 0 aromatic rings. The Balaban J connectivity index is 2.42. The Morgan fingerprint density at radius 2 is 2.21 bits per heavy atom. The molecule has 1 unspecified atom stereocenters. The largest absolute Gasteiger partial charge is 0.478 e. The maximum atomic E-state index is 11.8. The average Bonchev–Trinajstić information content (AvgIpc) is 2.67. The Kier molecular flexibility index (Phi) is 3.46.